The zero-order chi connectivity index (χ0) is 9.40. The summed E-state index contributed by atoms with van der Waals surface area (Å²) in [5.74, 6) is 0. The second-order valence-corrected chi connectivity index (χ2v) is 2.75. The van der Waals surface area contributed by atoms with E-state index in [0.29, 0.717) is 0 Å². The molecule has 0 aromatic carbocycles. The first-order valence-electron chi connectivity index (χ1n) is 4.22. The molecule has 0 fully saturated rings. The minimum Gasteiger partial charge on any atom is -0.378 e. The lowest BCUT2D eigenvalue weighted by molar-refractivity contribution is 0.531. The third kappa shape index (κ3) is 4.72. The van der Waals surface area contributed by atoms with E-state index in [4.69, 9.17) is 0 Å². The molecule has 2 heteroatoms. The molecule has 0 aliphatic heterocycles. The maximum Gasteiger partial charge on any atom is 0.0386 e. The highest BCUT2D eigenvalue weighted by Crippen LogP contribution is 1.96. The fourth-order valence-corrected chi connectivity index (χ4v) is 0.732. The third-order valence-corrected chi connectivity index (χ3v) is 1.43. The van der Waals surface area contributed by atoms with E-state index >= 15 is 0 Å². The van der Waals surface area contributed by atoms with Crippen LogP contribution in [0.2, 0.25) is 0 Å². The fourth-order valence-electron chi connectivity index (χ4n) is 0.732. The number of hydrogen-bond donors (Lipinski definition) is 0. The molecule has 0 N–H and O–H groups in total. The van der Waals surface area contributed by atoms with Gasteiger partial charge in [0.05, 0.1) is 0 Å². The predicted octanol–water partition coefficient (Wildman–Crippen LogP) is 2.10. The Kier molecular flexibility index (Phi) is 6.07. The first kappa shape index (κ1) is 11.0. The molecule has 0 amide bonds. The van der Waals surface area contributed by atoms with Gasteiger partial charge in [0.1, 0.15) is 0 Å². The average molecular weight is 166 g/mol. The van der Waals surface area contributed by atoms with Gasteiger partial charge < -0.3 is 4.90 Å². The van der Waals surface area contributed by atoms with Gasteiger partial charge >= 0.3 is 0 Å². The highest BCUT2D eigenvalue weighted by molar-refractivity contribution is 5.72. The number of allylic oxidation sites excluding steroid dienone is 2. The Labute approximate surface area is 75.3 Å². The van der Waals surface area contributed by atoms with Gasteiger partial charge in [0.2, 0.25) is 0 Å². The highest BCUT2D eigenvalue weighted by atomic mass is 15.1. The lowest BCUT2D eigenvalue weighted by Crippen LogP contribution is -2.08. The smallest absolute Gasteiger partial charge is 0.0386 e. The van der Waals surface area contributed by atoms with Gasteiger partial charge in [-0.3, -0.25) is 4.99 Å². The van der Waals surface area contributed by atoms with Gasteiger partial charge in [0, 0.05) is 32.6 Å². The molecule has 0 unspecified atom stereocenters. The van der Waals surface area contributed by atoms with E-state index in [2.05, 4.69) is 18.5 Å². The molecule has 2 nitrogen and oxygen atoms in total. The maximum absolute atomic E-state index is 4.18. The Morgan fingerprint density at radius 3 is 2.58 bits per heavy atom. The lowest BCUT2D eigenvalue weighted by atomic mass is 10.4. The van der Waals surface area contributed by atoms with Crippen molar-refractivity contribution in [3.8, 4) is 0 Å². The van der Waals surface area contributed by atoms with Crippen LogP contribution in [0.1, 0.15) is 13.3 Å². The van der Waals surface area contributed by atoms with E-state index in [-0.39, 0.29) is 0 Å². The molecule has 0 saturated carbocycles. The second-order valence-electron chi connectivity index (χ2n) is 2.75. The van der Waals surface area contributed by atoms with Crippen LogP contribution >= 0.6 is 0 Å². The summed E-state index contributed by atoms with van der Waals surface area (Å²) in [6.45, 7) is 6.72. The normalized spacial score (nSPS) is 12.1. The molecule has 0 heterocycles. The number of hydrogen-bond acceptors (Lipinski definition) is 2. The first-order chi connectivity index (χ1) is 5.72. The molecule has 0 spiro atoms. The van der Waals surface area contributed by atoms with Gasteiger partial charge in [-0.1, -0.05) is 13.5 Å². The molecule has 0 rings (SSSR count). The lowest BCUT2D eigenvalue weighted by Gasteiger charge is -2.11. The zero-order valence-corrected chi connectivity index (χ0v) is 8.25. The predicted molar refractivity (Wildman–Crippen MR) is 55.6 cm³/mol. The van der Waals surface area contributed by atoms with E-state index < -0.39 is 0 Å². The van der Waals surface area contributed by atoms with Crippen molar-refractivity contribution in [2.24, 2.45) is 4.99 Å². The quantitative estimate of drug-likeness (QED) is 0.451. The summed E-state index contributed by atoms with van der Waals surface area (Å²) in [5, 5.41) is 0. The Morgan fingerprint density at radius 2 is 2.17 bits per heavy atom. The van der Waals surface area contributed by atoms with Gasteiger partial charge in [0.15, 0.2) is 0 Å². The molecule has 0 bridgehead atoms. The third-order valence-electron chi connectivity index (χ3n) is 1.43. The molecule has 0 radical (unpaired) electrons. The van der Waals surface area contributed by atoms with E-state index in [9.17, 15) is 0 Å². The minimum absolute atomic E-state index is 0.897. The molecular formula is C10H18N2. The second kappa shape index (κ2) is 6.65. The number of likely N-dealkylation sites (N-methyl/N-ethyl adjacent to an activating group) is 1. The number of aliphatic imine (C=N–C) groups is 1. The van der Waals surface area contributed by atoms with Crippen LogP contribution in [0.3, 0.4) is 0 Å². The molecule has 0 aromatic heterocycles. The molecule has 0 atom stereocenters. The van der Waals surface area contributed by atoms with Crippen molar-refractivity contribution in [1.82, 2.24) is 4.90 Å². The minimum atomic E-state index is 0.897. The molecular weight excluding hydrogens is 148 g/mol. The summed E-state index contributed by atoms with van der Waals surface area (Å²) in [4.78, 5) is 6.19. The van der Waals surface area contributed by atoms with Gasteiger partial charge in [-0.2, -0.15) is 0 Å². The molecule has 12 heavy (non-hydrogen) atoms. The van der Waals surface area contributed by atoms with Crippen molar-refractivity contribution in [1.29, 1.82) is 0 Å². The Hall–Kier alpha value is -1.05. The molecule has 0 aliphatic carbocycles. The average Bonchev–Trinajstić information content (AvgIpc) is 2.04. The summed E-state index contributed by atoms with van der Waals surface area (Å²) < 4.78 is 0. The SMILES string of the molecule is C=C/C(=C/C=NCCC)N(C)C. The summed E-state index contributed by atoms with van der Waals surface area (Å²) in [7, 11) is 3.97. The van der Waals surface area contributed by atoms with Crippen LogP contribution in [-0.4, -0.2) is 31.8 Å². The van der Waals surface area contributed by atoms with Crippen LogP contribution in [0.25, 0.3) is 0 Å². The molecule has 0 aliphatic rings. The number of nitrogens with zero attached hydrogens (tertiary/aromatic N) is 2. The van der Waals surface area contributed by atoms with Crippen LogP contribution in [0.4, 0.5) is 0 Å². The van der Waals surface area contributed by atoms with Crippen molar-refractivity contribution >= 4 is 6.21 Å². The van der Waals surface area contributed by atoms with Gasteiger partial charge in [-0.05, 0) is 18.6 Å². The standard InChI is InChI=1S/C10H18N2/c1-5-8-11-9-7-10(6-2)12(3)4/h6-7,9H,2,5,8H2,1,3-4H3/b10-7-,11-9?. The monoisotopic (exact) mass is 166 g/mol. The van der Waals surface area contributed by atoms with Gasteiger partial charge in [-0.25, -0.2) is 0 Å². The largest absolute Gasteiger partial charge is 0.378 e. The molecule has 0 saturated heterocycles. The van der Waals surface area contributed by atoms with Crippen LogP contribution in [0.15, 0.2) is 29.4 Å². The van der Waals surface area contributed by atoms with E-state index in [0.717, 1.165) is 18.7 Å². The van der Waals surface area contributed by atoms with Crippen molar-refractivity contribution in [2.75, 3.05) is 20.6 Å². The van der Waals surface area contributed by atoms with Crippen molar-refractivity contribution in [3.05, 3.63) is 24.4 Å². The van der Waals surface area contributed by atoms with Crippen LogP contribution < -0.4 is 0 Å². The Morgan fingerprint density at radius 1 is 1.50 bits per heavy atom. The van der Waals surface area contributed by atoms with E-state index in [1.165, 1.54) is 0 Å². The van der Waals surface area contributed by atoms with Gasteiger partial charge in [-0.15, -0.1) is 0 Å². The zero-order valence-electron chi connectivity index (χ0n) is 8.25. The summed E-state index contributed by atoms with van der Waals surface area (Å²) in [5.41, 5.74) is 1.08. The Balaban J connectivity index is 4.02. The van der Waals surface area contributed by atoms with Gasteiger partial charge in [0.25, 0.3) is 0 Å². The summed E-state index contributed by atoms with van der Waals surface area (Å²) >= 11 is 0. The summed E-state index contributed by atoms with van der Waals surface area (Å²) in [6, 6.07) is 0. The van der Waals surface area contributed by atoms with E-state index in [1.807, 2.05) is 37.4 Å². The van der Waals surface area contributed by atoms with Crippen molar-refractivity contribution < 1.29 is 0 Å². The number of rotatable bonds is 5. The highest BCUT2D eigenvalue weighted by Gasteiger charge is 1.89. The van der Waals surface area contributed by atoms with Crippen molar-refractivity contribution in [3.63, 3.8) is 0 Å². The fraction of sp³-hybridized carbons (Fsp3) is 0.500. The maximum atomic E-state index is 4.18. The van der Waals surface area contributed by atoms with Crippen molar-refractivity contribution in [2.45, 2.75) is 13.3 Å². The molecule has 0 aromatic rings. The topological polar surface area (TPSA) is 15.6 Å². The molecule has 68 valence electrons. The van der Waals surface area contributed by atoms with Crippen LogP contribution in [0, 0.1) is 0 Å². The van der Waals surface area contributed by atoms with E-state index in [1.54, 1.807) is 0 Å². The van der Waals surface area contributed by atoms with Crippen LogP contribution in [-0.2, 0) is 0 Å². The summed E-state index contributed by atoms with van der Waals surface area (Å²) in [6.07, 6.45) is 6.71. The first-order valence-corrected chi connectivity index (χ1v) is 4.22. The Bertz CT molecular complexity index is 178. The van der Waals surface area contributed by atoms with Crippen LogP contribution in [0.5, 0.6) is 0 Å².